The van der Waals surface area contributed by atoms with Crippen LogP contribution in [-0.2, 0) is 14.3 Å². The summed E-state index contributed by atoms with van der Waals surface area (Å²) in [6.07, 6.45) is 4.22. The van der Waals surface area contributed by atoms with Gasteiger partial charge in [-0.1, -0.05) is 24.9 Å². The number of nitrogens with one attached hydrogen (secondary N) is 3. The molecule has 0 aliphatic carbocycles. The smallest absolute Gasteiger partial charge is 0.411 e. The van der Waals surface area contributed by atoms with Crippen LogP contribution in [0.4, 0.5) is 25.0 Å². The molecule has 0 spiro atoms. The fourth-order valence-electron chi connectivity index (χ4n) is 5.21. The molecule has 0 fully saturated rings. The molecule has 0 saturated heterocycles. The van der Waals surface area contributed by atoms with Gasteiger partial charge in [-0.25, -0.2) is 18.6 Å². The minimum atomic E-state index is -0.890. The van der Waals surface area contributed by atoms with Crippen LogP contribution in [0.15, 0.2) is 42.6 Å². The van der Waals surface area contributed by atoms with Crippen molar-refractivity contribution in [3.05, 3.63) is 70.5 Å². The van der Waals surface area contributed by atoms with Crippen molar-refractivity contribution in [1.29, 1.82) is 0 Å². The third-order valence-electron chi connectivity index (χ3n) is 7.43. The van der Waals surface area contributed by atoms with E-state index in [0.717, 1.165) is 12.1 Å². The molecule has 0 radical (unpaired) electrons. The number of halogens is 3. The van der Waals surface area contributed by atoms with E-state index < -0.39 is 23.8 Å². The van der Waals surface area contributed by atoms with Crippen LogP contribution in [0, 0.1) is 17.6 Å². The molecular weight excluding hydrogens is 556 g/mol. The molecule has 3 amide bonds. The first-order valence-electron chi connectivity index (χ1n) is 13.2. The monoisotopic (exact) mass is 583 g/mol. The summed E-state index contributed by atoms with van der Waals surface area (Å²) in [6, 6.07) is 6.81. The normalized spacial score (nSPS) is 19.3. The molecule has 41 heavy (non-hydrogen) atoms. The van der Waals surface area contributed by atoms with Crippen LogP contribution in [-0.4, -0.2) is 46.4 Å². The third kappa shape index (κ3) is 5.81. The number of anilines is 2. The first-order valence-corrected chi connectivity index (χ1v) is 13.5. The summed E-state index contributed by atoms with van der Waals surface area (Å²) < 4.78 is 33.8. The molecule has 0 saturated carbocycles. The minimum Gasteiger partial charge on any atom is -0.453 e. The SMILES string of the molecule is COC(=O)Nc1ccc2c(c1)NC(=O)C(C)CCC[C@@H](N1CCC(c3c(F)ccc(Cl)c3F)=CC1=O)c1cnc-2[nH]1. The number of carbonyl (C=O) groups excluding carboxylic acids is 3. The van der Waals surface area contributed by atoms with Gasteiger partial charge in [0.05, 0.1) is 41.3 Å². The van der Waals surface area contributed by atoms with Crippen molar-refractivity contribution in [2.45, 2.75) is 38.6 Å². The Labute approximate surface area is 239 Å². The summed E-state index contributed by atoms with van der Waals surface area (Å²) in [4.78, 5) is 47.6. The Balaban J connectivity index is 1.49. The van der Waals surface area contributed by atoms with E-state index >= 15 is 0 Å². The van der Waals surface area contributed by atoms with Crippen molar-refractivity contribution in [1.82, 2.24) is 14.9 Å². The Morgan fingerprint density at radius 2 is 2.00 bits per heavy atom. The Morgan fingerprint density at radius 3 is 2.76 bits per heavy atom. The molecule has 12 heteroatoms. The number of ether oxygens (including phenoxy) is 1. The van der Waals surface area contributed by atoms with Crippen LogP contribution < -0.4 is 10.6 Å². The zero-order chi connectivity index (χ0) is 29.3. The van der Waals surface area contributed by atoms with E-state index in [1.54, 1.807) is 29.3 Å². The van der Waals surface area contributed by atoms with E-state index in [0.29, 0.717) is 47.7 Å². The van der Waals surface area contributed by atoms with Gasteiger partial charge in [-0.05, 0) is 55.2 Å². The van der Waals surface area contributed by atoms with Crippen molar-refractivity contribution in [2.75, 3.05) is 24.3 Å². The molecule has 1 aromatic heterocycles. The van der Waals surface area contributed by atoms with E-state index in [2.05, 4.69) is 25.3 Å². The van der Waals surface area contributed by atoms with Crippen molar-refractivity contribution in [3.63, 3.8) is 0 Å². The lowest BCUT2D eigenvalue weighted by atomic mass is 9.94. The van der Waals surface area contributed by atoms with Gasteiger partial charge in [-0.15, -0.1) is 0 Å². The fourth-order valence-corrected chi connectivity index (χ4v) is 5.37. The van der Waals surface area contributed by atoms with Crippen molar-refractivity contribution in [3.8, 4) is 11.4 Å². The largest absolute Gasteiger partial charge is 0.453 e. The summed E-state index contributed by atoms with van der Waals surface area (Å²) in [5.41, 5.74) is 2.11. The number of carbonyl (C=O) groups is 3. The molecule has 2 aliphatic rings. The van der Waals surface area contributed by atoms with Gasteiger partial charge in [0.25, 0.3) is 0 Å². The molecule has 2 bridgehead atoms. The number of benzene rings is 2. The highest BCUT2D eigenvalue weighted by Crippen LogP contribution is 2.37. The average molecular weight is 584 g/mol. The van der Waals surface area contributed by atoms with Crippen LogP contribution in [0.3, 0.4) is 0 Å². The number of nitrogens with zero attached hydrogens (tertiary/aromatic N) is 2. The number of aromatic amines is 1. The van der Waals surface area contributed by atoms with Crippen LogP contribution in [0.1, 0.15) is 49.9 Å². The van der Waals surface area contributed by atoms with Crippen molar-refractivity contribution < 1.29 is 27.9 Å². The van der Waals surface area contributed by atoms with Gasteiger partial charge in [0.2, 0.25) is 11.8 Å². The predicted molar refractivity (Wildman–Crippen MR) is 150 cm³/mol. The number of hydrogen-bond acceptors (Lipinski definition) is 5. The lowest BCUT2D eigenvalue weighted by Crippen LogP contribution is -2.37. The van der Waals surface area contributed by atoms with E-state index in [9.17, 15) is 23.2 Å². The van der Waals surface area contributed by atoms with Gasteiger partial charge >= 0.3 is 6.09 Å². The summed E-state index contributed by atoms with van der Waals surface area (Å²) >= 11 is 5.87. The molecule has 3 N–H and O–H groups in total. The van der Waals surface area contributed by atoms with Gasteiger partial charge in [0, 0.05) is 29.8 Å². The second kappa shape index (κ2) is 11.7. The van der Waals surface area contributed by atoms with E-state index in [1.807, 2.05) is 6.92 Å². The number of rotatable bonds is 3. The van der Waals surface area contributed by atoms with E-state index in [-0.39, 0.29) is 46.9 Å². The van der Waals surface area contributed by atoms with Crippen molar-refractivity contribution in [2.24, 2.45) is 5.92 Å². The minimum absolute atomic E-state index is 0.197. The molecular formula is C29H28ClF2N5O4. The quantitative estimate of drug-likeness (QED) is 0.313. The Hall–Kier alpha value is -4.25. The van der Waals surface area contributed by atoms with Gasteiger partial charge < -0.3 is 19.9 Å². The Morgan fingerprint density at radius 1 is 1.20 bits per heavy atom. The Bertz CT molecular complexity index is 1560. The number of methoxy groups -OCH3 is 1. The third-order valence-corrected chi connectivity index (χ3v) is 7.72. The van der Waals surface area contributed by atoms with Gasteiger partial charge in [0.15, 0.2) is 5.82 Å². The summed E-state index contributed by atoms with van der Waals surface area (Å²) in [6.45, 7) is 2.05. The lowest BCUT2D eigenvalue weighted by molar-refractivity contribution is -0.129. The molecule has 2 aromatic carbocycles. The maximum absolute atomic E-state index is 14.7. The number of amides is 3. The van der Waals surface area contributed by atoms with Crippen molar-refractivity contribution >= 4 is 46.5 Å². The molecule has 9 nitrogen and oxygen atoms in total. The summed E-state index contributed by atoms with van der Waals surface area (Å²) in [5.74, 6) is -2.12. The predicted octanol–water partition coefficient (Wildman–Crippen LogP) is 6.30. The number of H-pyrrole nitrogens is 1. The second-order valence-corrected chi connectivity index (χ2v) is 10.5. The Kier molecular flexibility index (Phi) is 8.07. The number of aromatic nitrogens is 2. The lowest BCUT2D eigenvalue weighted by Gasteiger charge is -2.34. The topological polar surface area (TPSA) is 116 Å². The molecule has 5 rings (SSSR count). The van der Waals surface area contributed by atoms with Crippen LogP contribution >= 0.6 is 11.6 Å². The van der Waals surface area contributed by atoms with Gasteiger partial charge in [0.1, 0.15) is 11.6 Å². The second-order valence-electron chi connectivity index (χ2n) is 10.1. The van der Waals surface area contributed by atoms with Crippen LogP contribution in [0.25, 0.3) is 17.0 Å². The highest BCUT2D eigenvalue weighted by atomic mass is 35.5. The molecule has 2 atom stereocenters. The molecule has 2 aliphatic heterocycles. The molecule has 3 heterocycles. The average Bonchev–Trinajstić information content (AvgIpc) is 3.43. The maximum Gasteiger partial charge on any atom is 0.411 e. The van der Waals surface area contributed by atoms with Crippen LogP contribution in [0.5, 0.6) is 0 Å². The highest BCUT2D eigenvalue weighted by Gasteiger charge is 2.31. The number of hydrogen-bond donors (Lipinski definition) is 3. The molecule has 3 aromatic rings. The van der Waals surface area contributed by atoms with Crippen LogP contribution in [0.2, 0.25) is 5.02 Å². The van der Waals surface area contributed by atoms with E-state index in [1.165, 1.54) is 13.2 Å². The number of fused-ring (bicyclic) bond motifs is 4. The fraction of sp³-hybridized carbons (Fsp3) is 0.310. The molecule has 1 unspecified atom stereocenters. The highest BCUT2D eigenvalue weighted by molar-refractivity contribution is 6.31. The number of imidazole rings is 1. The summed E-state index contributed by atoms with van der Waals surface area (Å²) in [7, 11) is 1.25. The maximum atomic E-state index is 14.7. The summed E-state index contributed by atoms with van der Waals surface area (Å²) in [5, 5.41) is 5.31. The zero-order valence-electron chi connectivity index (χ0n) is 22.4. The zero-order valence-corrected chi connectivity index (χ0v) is 23.1. The first-order chi connectivity index (χ1) is 19.7. The standard InChI is InChI=1S/C29H28ClF2N5O4/c1-15-4-3-5-23(37-11-10-16(12-24(37)38)25-20(31)9-8-19(30)26(25)32)22-14-33-27(35-22)18-7-6-17(34-29(40)41-2)13-21(18)36-28(15)39/h6-9,12-15,23H,3-5,10-11H2,1-2H3,(H,33,35)(H,34,40)(H,36,39)/t15?,23-/m1/s1. The van der Waals surface area contributed by atoms with Gasteiger partial charge in [-0.2, -0.15) is 0 Å². The first kappa shape index (κ1) is 28.3. The van der Waals surface area contributed by atoms with Gasteiger partial charge in [-0.3, -0.25) is 14.9 Å². The molecule has 214 valence electrons. The van der Waals surface area contributed by atoms with E-state index in [4.69, 9.17) is 11.6 Å².